The molecule has 0 nitrogen and oxygen atoms in total. The van der Waals surface area contributed by atoms with Crippen LogP contribution in [0, 0.1) is 5.41 Å². The molecule has 124 valence electrons. The van der Waals surface area contributed by atoms with Gasteiger partial charge in [-0.3, -0.25) is 0 Å². The van der Waals surface area contributed by atoms with Crippen molar-refractivity contribution in [2.45, 2.75) is 34.1 Å². The standard InChI is InChI=1S/C23H27P/c1-18-17-19(2)23(4,20(18)3)15-16-24(21-11-7-5-8-12-21)22-13-9-6-10-14-22/h5-14,17H,15-16H2,1-4H3. The van der Waals surface area contributed by atoms with E-state index in [0.29, 0.717) is 0 Å². The minimum atomic E-state index is -0.301. The number of hydrogen-bond donors (Lipinski definition) is 0. The average molecular weight is 334 g/mol. The van der Waals surface area contributed by atoms with E-state index in [2.05, 4.69) is 94.4 Å². The molecule has 0 aromatic heterocycles. The molecule has 0 spiro atoms. The van der Waals surface area contributed by atoms with E-state index in [-0.39, 0.29) is 13.3 Å². The van der Waals surface area contributed by atoms with Crippen molar-refractivity contribution in [3.63, 3.8) is 0 Å². The van der Waals surface area contributed by atoms with Gasteiger partial charge < -0.3 is 0 Å². The summed E-state index contributed by atoms with van der Waals surface area (Å²) in [6.07, 6.45) is 4.83. The Kier molecular flexibility index (Phi) is 5.07. The summed E-state index contributed by atoms with van der Waals surface area (Å²) in [5.74, 6) is 0. The van der Waals surface area contributed by atoms with Crippen molar-refractivity contribution < 1.29 is 0 Å². The van der Waals surface area contributed by atoms with Gasteiger partial charge in [0.2, 0.25) is 0 Å². The molecule has 1 aliphatic carbocycles. The fourth-order valence-electron chi connectivity index (χ4n) is 3.67. The van der Waals surface area contributed by atoms with Crippen molar-refractivity contribution in [2.24, 2.45) is 5.41 Å². The van der Waals surface area contributed by atoms with Gasteiger partial charge >= 0.3 is 0 Å². The summed E-state index contributed by atoms with van der Waals surface area (Å²) < 4.78 is 0. The summed E-state index contributed by atoms with van der Waals surface area (Å²) in [6.45, 7) is 9.29. The van der Waals surface area contributed by atoms with E-state index in [1.54, 1.807) is 5.57 Å². The van der Waals surface area contributed by atoms with E-state index in [9.17, 15) is 0 Å². The fraction of sp³-hybridized carbons (Fsp3) is 0.304. The molecular weight excluding hydrogens is 307 g/mol. The summed E-state index contributed by atoms with van der Waals surface area (Å²) in [7, 11) is -0.301. The molecule has 2 aromatic carbocycles. The molecule has 0 amide bonds. The molecule has 1 heteroatoms. The quantitative estimate of drug-likeness (QED) is 0.605. The van der Waals surface area contributed by atoms with Crippen LogP contribution < -0.4 is 10.6 Å². The lowest BCUT2D eigenvalue weighted by molar-refractivity contribution is 0.472. The van der Waals surface area contributed by atoms with Gasteiger partial charge in [0.15, 0.2) is 0 Å². The number of rotatable bonds is 5. The number of allylic oxidation sites excluding steroid dienone is 4. The molecule has 0 heterocycles. The van der Waals surface area contributed by atoms with Gasteiger partial charge in [-0.2, -0.15) is 0 Å². The Hall–Kier alpha value is -1.65. The first kappa shape index (κ1) is 17.2. The molecule has 24 heavy (non-hydrogen) atoms. The van der Waals surface area contributed by atoms with Gasteiger partial charge in [0.25, 0.3) is 0 Å². The molecular formula is C23H27P. The lowest BCUT2D eigenvalue weighted by atomic mass is 9.77. The van der Waals surface area contributed by atoms with E-state index in [1.165, 1.54) is 34.3 Å². The lowest BCUT2D eigenvalue weighted by Gasteiger charge is -2.31. The second kappa shape index (κ2) is 7.08. The smallest absolute Gasteiger partial charge is 0.00992 e. The van der Waals surface area contributed by atoms with E-state index >= 15 is 0 Å². The topological polar surface area (TPSA) is 0 Å². The Morgan fingerprint density at radius 2 is 1.29 bits per heavy atom. The zero-order chi connectivity index (χ0) is 17.2. The highest BCUT2D eigenvalue weighted by molar-refractivity contribution is 7.73. The van der Waals surface area contributed by atoms with Gasteiger partial charge in [0.05, 0.1) is 0 Å². The molecule has 0 bridgehead atoms. The molecule has 1 aliphatic rings. The summed E-state index contributed by atoms with van der Waals surface area (Å²) in [5.41, 5.74) is 4.76. The molecule has 2 aromatic rings. The van der Waals surface area contributed by atoms with Crippen LogP contribution in [0.2, 0.25) is 0 Å². The van der Waals surface area contributed by atoms with Crippen LogP contribution in [0.3, 0.4) is 0 Å². The maximum absolute atomic E-state index is 2.42. The predicted molar refractivity (Wildman–Crippen MR) is 109 cm³/mol. The Balaban J connectivity index is 1.88. The molecule has 1 atom stereocenters. The van der Waals surface area contributed by atoms with Crippen molar-refractivity contribution >= 4 is 18.5 Å². The van der Waals surface area contributed by atoms with E-state index in [1.807, 2.05) is 0 Å². The molecule has 0 N–H and O–H groups in total. The van der Waals surface area contributed by atoms with E-state index in [4.69, 9.17) is 0 Å². The maximum atomic E-state index is 2.42. The van der Waals surface area contributed by atoms with Crippen molar-refractivity contribution in [1.29, 1.82) is 0 Å². The number of benzene rings is 2. The first-order valence-electron chi connectivity index (χ1n) is 8.77. The molecule has 0 aliphatic heterocycles. The molecule has 0 fully saturated rings. The van der Waals surface area contributed by atoms with Crippen molar-refractivity contribution in [1.82, 2.24) is 0 Å². The molecule has 3 rings (SSSR count). The second-order valence-electron chi connectivity index (χ2n) is 7.04. The summed E-state index contributed by atoms with van der Waals surface area (Å²) in [6, 6.07) is 22.1. The van der Waals surface area contributed by atoms with Crippen molar-refractivity contribution in [3.8, 4) is 0 Å². The van der Waals surface area contributed by atoms with Gasteiger partial charge in [-0.05, 0) is 51.9 Å². The van der Waals surface area contributed by atoms with E-state index in [0.717, 1.165) is 0 Å². The number of hydrogen-bond acceptors (Lipinski definition) is 0. The first-order valence-corrected chi connectivity index (χ1v) is 10.3. The van der Waals surface area contributed by atoms with Gasteiger partial charge in [0, 0.05) is 5.41 Å². The Bertz CT molecular complexity index is 716. The summed E-state index contributed by atoms with van der Waals surface area (Å²) in [5, 5.41) is 2.97. The predicted octanol–water partition coefficient (Wildman–Crippen LogP) is 5.81. The molecule has 0 radical (unpaired) electrons. The lowest BCUT2D eigenvalue weighted by Crippen LogP contribution is -2.22. The molecule has 0 saturated heterocycles. The van der Waals surface area contributed by atoms with Crippen LogP contribution >= 0.6 is 7.92 Å². The zero-order valence-electron chi connectivity index (χ0n) is 15.2. The van der Waals surface area contributed by atoms with Crippen LogP contribution in [0.4, 0.5) is 0 Å². The highest BCUT2D eigenvalue weighted by atomic mass is 31.1. The highest BCUT2D eigenvalue weighted by Gasteiger charge is 2.34. The van der Waals surface area contributed by atoms with Crippen LogP contribution in [-0.2, 0) is 0 Å². The molecule has 0 saturated carbocycles. The maximum Gasteiger partial charge on any atom is 0.00992 e. The zero-order valence-corrected chi connectivity index (χ0v) is 16.1. The third kappa shape index (κ3) is 3.26. The summed E-state index contributed by atoms with van der Waals surface area (Å²) >= 11 is 0. The summed E-state index contributed by atoms with van der Waals surface area (Å²) in [4.78, 5) is 0. The normalized spacial score (nSPS) is 20.6. The Labute approximate surface area is 148 Å². The van der Waals surface area contributed by atoms with Gasteiger partial charge in [-0.25, -0.2) is 0 Å². The average Bonchev–Trinajstić information content (AvgIpc) is 2.80. The molecule has 1 unspecified atom stereocenters. The Morgan fingerprint density at radius 1 is 0.792 bits per heavy atom. The van der Waals surface area contributed by atoms with Crippen LogP contribution in [0.5, 0.6) is 0 Å². The van der Waals surface area contributed by atoms with Crippen LogP contribution in [0.15, 0.2) is 83.5 Å². The Morgan fingerprint density at radius 3 is 1.71 bits per heavy atom. The van der Waals surface area contributed by atoms with Gasteiger partial charge in [-0.1, -0.05) is 90.4 Å². The van der Waals surface area contributed by atoms with Crippen molar-refractivity contribution in [3.05, 3.63) is 83.5 Å². The van der Waals surface area contributed by atoms with E-state index < -0.39 is 0 Å². The van der Waals surface area contributed by atoms with Crippen molar-refractivity contribution in [2.75, 3.05) is 6.16 Å². The van der Waals surface area contributed by atoms with Crippen LogP contribution in [0.25, 0.3) is 0 Å². The third-order valence-electron chi connectivity index (χ3n) is 5.69. The minimum Gasteiger partial charge on any atom is -0.0631 e. The van der Waals surface area contributed by atoms with Crippen LogP contribution in [0.1, 0.15) is 34.1 Å². The largest absolute Gasteiger partial charge is 0.0631 e. The SMILES string of the molecule is CC1=CC(C)=C(C)C1(C)CCP(c1ccccc1)c1ccccc1. The fourth-order valence-corrected chi connectivity index (χ4v) is 6.22. The first-order chi connectivity index (χ1) is 11.5. The van der Waals surface area contributed by atoms with Crippen LogP contribution in [-0.4, -0.2) is 6.16 Å². The van der Waals surface area contributed by atoms with Gasteiger partial charge in [-0.15, -0.1) is 0 Å². The minimum absolute atomic E-state index is 0.230. The third-order valence-corrected chi connectivity index (χ3v) is 8.21. The highest BCUT2D eigenvalue weighted by Crippen LogP contribution is 2.48. The second-order valence-corrected chi connectivity index (χ2v) is 9.38. The van der Waals surface area contributed by atoms with Gasteiger partial charge in [0.1, 0.15) is 0 Å². The monoisotopic (exact) mass is 334 g/mol.